The van der Waals surface area contributed by atoms with Crippen molar-refractivity contribution in [3.05, 3.63) is 0 Å². The highest BCUT2D eigenvalue weighted by molar-refractivity contribution is 5.78. The van der Waals surface area contributed by atoms with E-state index in [1.807, 2.05) is 0 Å². The number of hydrogen-bond acceptors (Lipinski definition) is 3. The van der Waals surface area contributed by atoms with Gasteiger partial charge in [0.2, 0.25) is 5.91 Å². The molecule has 1 aliphatic rings. The van der Waals surface area contributed by atoms with Crippen molar-refractivity contribution in [3.63, 3.8) is 0 Å². The lowest BCUT2D eigenvalue weighted by Gasteiger charge is -2.34. The van der Waals surface area contributed by atoms with Gasteiger partial charge in [-0.05, 0) is 31.1 Å². The summed E-state index contributed by atoms with van der Waals surface area (Å²) in [5.41, 5.74) is 0.376. The van der Waals surface area contributed by atoms with Crippen LogP contribution in [0.2, 0.25) is 0 Å². The van der Waals surface area contributed by atoms with Gasteiger partial charge < -0.3 is 15.2 Å². The Hall–Kier alpha value is -1.10. The van der Waals surface area contributed by atoms with E-state index in [0.717, 1.165) is 25.7 Å². The molecule has 0 radical (unpaired) electrons. The van der Waals surface area contributed by atoms with E-state index in [2.05, 4.69) is 19.2 Å². The zero-order valence-corrected chi connectivity index (χ0v) is 10.5. The van der Waals surface area contributed by atoms with Crippen molar-refractivity contribution in [2.45, 2.75) is 45.6 Å². The van der Waals surface area contributed by atoms with E-state index in [9.17, 15) is 9.59 Å². The highest BCUT2D eigenvalue weighted by atomic mass is 16.5. The third-order valence-electron chi connectivity index (χ3n) is 3.16. The summed E-state index contributed by atoms with van der Waals surface area (Å²) in [5.74, 6) is -1.28. The second-order valence-corrected chi connectivity index (χ2v) is 5.39. The number of hydrogen-bond donors (Lipinski definition) is 2. The van der Waals surface area contributed by atoms with Crippen LogP contribution in [0.3, 0.4) is 0 Å². The smallest absolute Gasteiger partial charge is 0.329 e. The average molecular weight is 243 g/mol. The van der Waals surface area contributed by atoms with Crippen LogP contribution in [-0.4, -0.2) is 36.2 Å². The Bertz CT molecular complexity index is 278. The lowest BCUT2D eigenvalue weighted by molar-refractivity contribution is -0.143. The maximum atomic E-state index is 11.4. The van der Waals surface area contributed by atoms with Crippen molar-refractivity contribution < 1.29 is 19.4 Å². The van der Waals surface area contributed by atoms with Crippen LogP contribution >= 0.6 is 0 Å². The van der Waals surface area contributed by atoms with E-state index in [-0.39, 0.29) is 18.6 Å². The van der Waals surface area contributed by atoms with Gasteiger partial charge in [0.25, 0.3) is 0 Å². The fraction of sp³-hybridized carbons (Fsp3) is 0.833. The molecule has 0 aromatic carbocycles. The molecule has 0 unspecified atom stereocenters. The van der Waals surface area contributed by atoms with Crippen molar-refractivity contribution in [1.29, 1.82) is 0 Å². The van der Waals surface area contributed by atoms with Gasteiger partial charge in [0.15, 0.2) is 0 Å². The molecular weight excluding hydrogens is 222 g/mol. The van der Waals surface area contributed by atoms with Crippen LogP contribution in [0.15, 0.2) is 0 Å². The van der Waals surface area contributed by atoms with Crippen molar-refractivity contribution in [2.24, 2.45) is 5.41 Å². The minimum absolute atomic E-state index is 0.174. The summed E-state index contributed by atoms with van der Waals surface area (Å²) in [6, 6.07) is 0.212. The molecule has 0 heterocycles. The summed E-state index contributed by atoms with van der Waals surface area (Å²) >= 11 is 0. The minimum Gasteiger partial charge on any atom is -0.480 e. The van der Waals surface area contributed by atoms with E-state index in [0.29, 0.717) is 5.41 Å². The summed E-state index contributed by atoms with van der Waals surface area (Å²) < 4.78 is 4.73. The first kappa shape index (κ1) is 14.0. The van der Waals surface area contributed by atoms with Crippen molar-refractivity contribution in [3.8, 4) is 0 Å². The van der Waals surface area contributed by atoms with Crippen LogP contribution < -0.4 is 5.32 Å². The SMILES string of the molecule is CC1(C)CCC(NC(=O)COCC(=O)O)CC1. The Labute approximate surface area is 102 Å². The molecule has 0 aliphatic heterocycles. The molecule has 1 fully saturated rings. The van der Waals surface area contributed by atoms with Gasteiger partial charge in [-0.2, -0.15) is 0 Å². The van der Waals surface area contributed by atoms with Gasteiger partial charge in [-0.15, -0.1) is 0 Å². The van der Waals surface area contributed by atoms with Crippen LogP contribution in [0.25, 0.3) is 0 Å². The van der Waals surface area contributed by atoms with Gasteiger partial charge in [0, 0.05) is 6.04 Å². The van der Waals surface area contributed by atoms with E-state index in [1.54, 1.807) is 0 Å². The number of aliphatic carboxylic acids is 1. The highest BCUT2D eigenvalue weighted by Crippen LogP contribution is 2.34. The molecule has 98 valence electrons. The largest absolute Gasteiger partial charge is 0.480 e. The first-order valence-corrected chi connectivity index (χ1v) is 5.98. The third-order valence-corrected chi connectivity index (χ3v) is 3.16. The van der Waals surface area contributed by atoms with E-state index in [4.69, 9.17) is 9.84 Å². The van der Waals surface area contributed by atoms with Crippen LogP contribution in [0.5, 0.6) is 0 Å². The van der Waals surface area contributed by atoms with Crippen LogP contribution in [0.1, 0.15) is 39.5 Å². The number of rotatable bonds is 5. The molecule has 17 heavy (non-hydrogen) atoms. The summed E-state index contributed by atoms with van der Waals surface area (Å²) in [6.07, 6.45) is 4.18. The molecule has 5 heteroatoms. The van der Waals surface area contributed by atoms with Gasteiger partial charge >= 0.3 is 5.97 Å². The number of nitrogens with one attached hydrogen (secondary N) is 1. The third kappa shape index (κ3) is 5.68. The fourth-order valence-electron chi connectivity index (χ4n) is 2.04. The summed E-state index contributed by atoms with van der Waals surface area (Å²) in [6.45, 7) is 3.87. The summed E-state index contributed by atoms with van der Waals surface area (Å²) in [4.78, 5) is 21.6. The van der Waals surface area contributed by atoms with Crippen molar-refractivity contribution in [2.75, 3.05) is 13.2 Å². The number of carbonyl (C=O) groups excluding carboxylic acids is 1. The van der Waals surface area contributed by atoms with Crippen LogP contribution in [0, 0.1) is 5.41 Å². The fourth-order valence-corrected chi connectivity index (χ4v) is 2.04. The molecule has 0 aromatic rings. The number of carboxylic acid groups (broad SMARTS) is 1. The Morgan fingerprint density at radius 3 is 2.41 bits per heavy atom. The predicted octanol–water partition coefficient (Wildman–Crippen LogP) is 1.17. The van der Waals surface area contributed by atoms with E-state index in [1.165, 1.54) is 0 Å². The number of carbonyl (C=O) groups is 2. The first-order valence-electron chi connectivity index (χ1n) is 5.98. The lowest BCUT2D eigenvalue weighted by atomic mass is 9.75. The normalized spacial score (nSPS) is 19.9. The van der Waals surface area contributed by atoms with E-state index >= 15 is 0 Å². The Kier molecular flexibility index (Phi) is 4.93. The molecule has 2 N–H and O–H groups in total. The zero-order valence-electron chi connectivity index (χ0n) is 10.5. The van der Waals surface area contributed by atoms with Crippen molar-refractivity contribution >= 4 is 11.9 Å². The molecule has 1 saturated carbocycles. The molecule has 0 bridgehead atoms. The van der Waals surface area contributed by atoms with E-state index < -0.39 is 12.6 Å². The van der Waals surface area contributed by atoms with Crippen molar-refractivity contribution in [1.82, 2.24) is 5.32 Å². The van der Waals surface area contributed by atoms with Gasteiger partial charge in [-0.25, -0.2) is 4.79 Å². The predicted molar refractivity (Wildman–Crippen MR) is 62.6 cm³/mol. The second kappa shape index (κ2) is 6.00. The summed E-state index contributed by atoms with van der Waals surface area (Å²) in [7, 11) is 0. The minimum atomic E-state index is -1.06. The second-order valence-electron chi connectivity index (χ2n) is 5.39. The van der Waals surface area contributed by atoms with Gasteiger partial charge in [-0.3, -0.25) is 4.79 Å². The van der Waals surface area contributed by atoms with Crippen LogP contribution in [-0.2, 0) is 14.3 Å². The highest BCUT2D eigenvalue weighted by Gasteiger charge is 2.27. The number of ether oxygens (including phenoxy) is 1. The molecule has 0 saturated heterocycles. The quantitative estimate of drug-likeness (QED) is 0.760. The average Bonchev–Trinajstić information content (AvgIpc) is 2.21. The van der Waals surface area contributed by atoms with Crippen LogP contribution in [0.4, 0.5) is 0 Å². The Morgan fingerprint density at radius 1 is 1.29 bits per heavy atom. The maximum Gasteiger partial charge on any atom is 0.329 e. The Balaban J connectivity index is 2.17. The Morgan fingerprint density at radius 2 is 1.88 bits per heavy atom. The first-order chi connectivity index (χ1) is 7.89. The maximum absolute atomic E-state index is 11.4. The molecule has 1 aliphatic carbocycles. The summed E-state index contributed by atoms with van der Waals surface area (Å²) in [5, 5.41) is 11.2. The number of amides is 1. The van der Waals surface area contributed by atoms with Gasteiger partial charge in [0.1, 0.15) is 13.2 Å². The molecule has 5 nitrogen and oxygen atoms in total. The topological polar surface area (TPSA) is 75.6 Å². The lowest BCUT2D eigenvalue weighted by Crippen LogP contribution is -2.41. The standard InChI is InChI=1S/C12H21NO4/c1-12(2)5-3-9(4-6-12)13-10(14)7-17-8-11(15)16/h9H,3-8H2,1-2H3,(H,13,14)(H,15,16). The molecule has 0 atom stereocenters. The number of carboxylic acids is 1. The molecule has 1 rings (SSSR count). The van der Waals surface area contributed by atoms with Gasteiger partial charge in [0.05, 0.1) is 0 Å². The molecular formula is C12H21NO4. The molecule has 1 amide bonds. The molecule has 0 aromatic heterocycles. The monoisotopic (exact) mass is 243 g/mol. The zero-order chi connectivity index (χ0) is 12.9. The molecule has 0 spiro atoms. The van der Waals surface area contributed by atoms with Gasteiger partial charge in [-0.1, -0.05) is 13.8 Å².